The second-order valence-corrected chi connectivity index (χ2v) is 6.29. The van der Waals surface area contributed by atoms with Gasteiger partial charge in [-0.15, -0.1) is 0 Å². The molecule has 0 radical (unpaired) electrons. The minimum Gasteiger partial charge on any atom is -0.497 e. The molecule has 0 aliphatic carbocycles. The molecule has 3 aromatic rings. The summed E-state index contributed by atoms with van der Waals surface area (Å²) in [4.78, 5) is 18.7. The molecular weight excluding hydrogens is 346 g/mol. The zero-order valence-corrected chi connectivity index (χ0v) is 15.1. The highest BCUT2D eigenvalue weighted by molar-refractivity contribution is 5.96. The van der Waals surface area contributed by atoms with Crippen LogP contribution in [-0.4, -0.2) is 36.8 Å². The Labute approximate surface area is 156 Å². The van der Waals surface area contributed by atoms with E-state index in [1.54, 1.807) is 19.1 Å². The third kappa shape index (κ3) is 3.36. The van der Waals surface area contributed by atoms with E-state index in [1.165, 1.54) is 0 Å². The Hall–Kier alpha value is -3.35. The van der Waals surface area contributed by atoms with Crippen molar-refractivity contribution in [2.75, 3.05) is 25.7 Å². The van der Waals surface area contributed by atoms with Gasteiger partial charge in [0.25, 0.3) is 5.89 Å². The zero-order valence-electron chi connectivity index (χ0n) is 15.1. The number of aromatic nitrogens is 2. The van der Waals surface area contributed by atoms with E-state index in [9.17, 15) is 4.79 Å². The van der Waals surface area contributed by atoms with Crippen LogP contribution in [0.5, 0.6) is 11.5 Å². The number of nitrogens with zero attached hydrogens (tertiary/aromatic N) is 3. The second-order valence-electron chi connectivity index (χ2n) is 6.29. The third-order valence-electron chi connectivity index (χ3n) is 4.63. The van der Waals surface area contributed by atoms with Crippen LogP contribution >= 0.6 is 0 Å². The lowest BCUT2D eigenvalue weighted by molar-refractivity contribution is -0.117. The van der Waals surface area contributed by atoms with Crippen LogP contribution in [0.1, 0.15) is 18.2 Å². The molecule has 0 bridgehead atoms. The van der Waals surface area contributed by atoms with E-state index >= 15 is 0 Å². The van der Waals surface area contributed by atoms with Crippen molar-refractivity contribution in [1.82, 2.24) is 10.1 Å². The van der Waals surface area contributed by atoms with Gasteiger partial charge in [0.2, 0.25) is 5.91 Å². The number of anilines is 1. The molecule has 138 valence electrons. The van der Waals surface area contributed by atoms with E-state index in [2.05, 4.69) is 10.1 Å². The van der Waals surface area contributed by atoms with Crippen molar-refractivity contribution in [2.45, 2.75) is 12.3 Å². The molecule has 2 heterocycles. The summed E-state index contributed by atoms with van der Waals surface area (Å²) in [5.41, 5.74) is 1.62. The van der Waals surface area contributed by atoms with Crippen molar-refractivity contribution in [3.8, 4) is 23.0 Å². The van der Waals surface area contributed by atoms with Crippen LogP contribution in [0.2, 0.25) is 0 Å². The first-order valence-corrected chi connectivity index (χ1v) is 8.60. The molecule has 1 unspecified atom stereocenters. The van der Waals surface area contributed by atoms with Gasteiger partial charge in [0, 0.05) is 36.2 Å². The molecule has 27 heavy (non-hydrogen) atoms. The van der Waals surface area contributed by atoms with E-state index in [-0.39, 0.29) is 11.8 Å². The van der Waals surface area contributed by atoms with Gasteiger partial charge < -0.3 is 18.9 Å². The average Bonchev–Trinajstić information content (AvgIpc) is 3.35. The fraction of sp³-hybridized carbons (Fsp3) is 0.250. The highest BCUT2D eigenvalue weighted by Gasteiger charge is 2.34. The maximum Gasteiger partial charge on any atom is 0.257 e. The van der Waals surface area contributed by atoms with Crippen LogP contribution in [-0.2, 0) is 4.79 Å². The van der Waals surface area contributed by atoms with Gasteiger partial charge in [0.15, 0.2) is 5.82 Å². The van der Waals surface area contributed by atoms with Crippen molar-refractivity contribution in [3.05, 3.63) is 54.4 Å². The maximum absolute atomic E-state index is 12.5. The van der Waals surface area contributed by atoms with Gasteiger partial charge in [0.05, 0.1) is 14.2 Å². The lowest BCUT2D eigenvalue weighted by atomic mass is 10.1. The predicted molar refractivity (Wildman–Crippen MR) is 99.0 cm³/mol. The van der Waals surface area contributed by atoms with Crippen LogP contribution in [0.25, 0.3) is 11.5 Å². The number of carbonyl (C=O) groups excluding carboxylic acids is 1. The molecular formula is C20H19N3O4. The summed E-state index contributed by atoms with van der Waals surface area (Å²) in [6, 6.07) is 14.8. The molecule has 7 heteroatoms. The molecule has 0 N–H and O–H groups in total. The normalized spacial score (nSPS) is 16.6. The highest BCUT2D eigenvalue weighted by Crippen LogP contribution is 2.33. The Balaban J connectivity index is 1.53. The standard InChI is InChI=1S/C20H19N3O4/c1-25-16-8-6-13(7-9-16)20-21-19(22-27-20)14-10-18(24)23(12-14)15-4-3-5-17(11-15)26-2/h3-9,11,14H,10,12H2,1-2H3. The van der Waals surface area contributed by atoms with Gasteiger partial charge in [-0.05, 0) is 36.4 Å². The fourth-order valence-corrected chi connectivity index (χ4v) is 3.16. The Kier molecular flexibility index (Phi) is 4.50. The monoisotopic (exact) mass is 365 g/mol. The van der Waals surface area contributed by atoms with E-state index in [0.717, 1.165) is 17.0 Å². The highest BCUT2D eigenvalue weighted by atomic mass is 16.5. The van der Waals surface area contributed by atoms with Crippen molar-refractivity contribution < 1.29 is 18.8 Å². The zero-order chi connectivity index (χ0) is 18.8. The summed E-state index contributed by atoms with van der Waals surface area (Å²) in [6.07, 6.45) is 0.346. The van der Waals surface area contributed by atoms with Crippen molar-refractivity contribution in [1.29, 1.82) is 0 Å². The number of hydrogen-bond acceptors (Lipinski definition) is 6. The van der Waals surface area contributed by atoms with Crippen molar-refractivity contribution >= 4 is 11.6 Å². The fourth-order valence-electron chi connectivity index (χ4n) is 3.16. The average molecular weight is 365 g/mol. The Bertz CT molecular complexity index is 952. The van der Waals surface area contributed by atoms with Crippen molar-refractivity contribution in [2.24, 2.45) is 0 Å². The van der Waals surface area contributed by atoms with Crippen molar-refractivity contribution in [3.63, 3.8) is 0 Å². The largest absolute Gasteiger partial charge is 0.497 e. The van der Waals surface area contributed by atoms with Crippen LogP contribution in [0.15, 0.2) is 53.1 Å². The van der Waals surface area contributed by atoms with Gasteiger partial charge in [-0.25, -0.2) is 0 Å². The van der Waals surface area contributed by atoms with Crippen LogP contribution in [0.3, 0.4) is 0 Å². The molecule has 1 aliphatic rings. The minimum absolute atomic E-state index is 0.0315. The summed E-state index contributed by atoms with van der Waals surface area (Å²) in [6.45, 7) is 0.508. The first-order chi connectivity index (χ1) is 13.2. The van der Waals surface area contributed by atoms with E-state index in [1.807, 2.05) is 48.5 Å². The van der Waals surface area contributed by atoms with E-state index in [4.69, 9.17) is 14.0 Å². The summed E-state index contributed by atoms with van der Waals surface area (Å²) in [5.74, 6) is 2.36. The molecule has 1 atom stereocenters. The summed E-state index contributed by atoms with van der Waals surface area (Å²) in [7, 11) is 3.22. The molecule has 1 saturated heterocycles. The molecule has 4 rings (SSSR count). The number of ether oxygens (including phenoxy) is 2. The maximum atomic E-state index is 12.5. The SMILES string of the molecule is COc1ccc(-c2nc(C3CC(=O)N(c4cccc(OC)c4)C3)no2)cc1. The molecule has 1 amide bonds. The summed E-state index contributed by atoms with van der Waals surface area (Å²) in [5, 5.41) is 4.09. The molecule has 1 fully saturated rings. The molecule has 1 aliphatic heterocycles. The molecule has 0 saturated carbocycles. The summed E-state index contributed by atoms with van der Waals surface area (Å²) < 4.78 is 15.8. The van der Waals surface area contributed by atoms with Gasteiger partial charge in [-0.1, -0.05) is 11.2 Å². The van der Waals surface area contributed by atoms with Gasteiger partial charge in [-0.3, -0.25) is 4.79 Å². The predicted octanol–water partition coefficient (Wildman–Crippen LogP) is 3.27. The second kappa shape index (κ2) is 7.11. The molecule has 2 aromatic carbocycles. The summed E-state index contributed by atoms with van der Waals surface area (Å²) >= 11 is 0. The number of hydrogen-bond donors (Lipinski definition) is 0. The van der Waals surface area contributed by atoms with E-state index in [0.29, 0.717) is 30.4 Å². The first-order valence-electron chi connectivity index (χ1n) is 8.60. The molecule has 7 nitrogen and oxygen atoms in total. The number of amides is 1. The number of benzene rings is 2. The minimum atomic E-state index is -0.112. The van der Waals surface area contributed by atoms with E-state index < -0.39 is 0 Å². The lowest BCUT2D eigenvalue weighted by Crippen LogP contribution is -2.24. The first kappa shape index (κ1) is 17.1. The number of carbonyl (C=O) groups is 1. The molecule has 0 spiro atoms. The quantitative estimate of drug-likeness (QED) is 0.691. The smallest absolute Gasteiger partial charge is 0.257 e. The topological polar surface area (TPSA) is 77.7 Å². The van der Waals surface area contributed by atoms with Crippen LogP contribution in [0, 0.1) is 0 Å². The van der Waals surface area contributed by atoms with Crippen LogP contribution < -0.4 is 14.4 Å². The lowest BCUT2D eigenvalue weighted by Gasteiger charge is -2.16. The van der Waals surface area contributed by atoms with Gasteiger partial charge in [0.1, 0.15) is 11.5 Å². The molecule has 1 aromatic heterocycles. The van der Waals surface area contributed by atoms with Gasteiger partial charge in [-0.2, -0.15) is 4.98 Å². The van der Waals surface area contributed by atoms with Gasteiger partial charge >= 0.3 is 0 Å². The number of methoxy groups -OCH3 is 2. The third-order valence-corrected chi connectivity index (χ3v) is 4.63. The Morgan fingerprint density at radius 2 is 1.85 bits per heavy atom. The number of rotatable bonds is 5. The Morgan fingerprint density at radius 3 is 2.59 bits per heavy atom. The Morgan fingerprint density at radius 1 is 1.07 bits per heavy atom. The van der Waals surface area contributed by atoms with Crippen LogP contribution in [0.4, 0.5) is 5.69 Å².